The molecule has 1 saturated heterocycles. The number of nitro benzene ring substituents is 1. The Balaban J connectivity index is 2.21. The summed E-state index contributed by atoms with van der Waals surface area (Å²) in [6, 6.07) is 2.13. The molecular weight excluding hydrogens is 425 g/mol. The van der Waals surface area contributed by atoms with E-state index in [0.29, 0.717) is 0 Å². The first kappa shape index (κ1) is 22.5. The number of piperidine rings is 1. The van der Waals surface area contributed by atoms with Crippen molar-refractivity contribution >= 4 is 27.7 Å². The molecule has 1 fully saturated rings. The number of hydrogen-bond donors (Lipinski definition) is 0. The molecule has 1 amide bonds. The number of nitrogens with zero attached hydrogens (tertiary/aromatic N) is 2. The zero-order chi connectivity index (χ0) is 22.0. The molecule has 0 aromatic heterocycles. The number of carbonyl (C=O) groups excluding carboxylic acids is 2. The van der Waals surface area contributed by atoms with E-state index in [0.717, 1.165) is 31.4 Å². The van der Waals surface area contributed by atoms with Gasteiger partial charge in [0.15, 0.2) is 0 Å². The van der Waals surface area contributed by atoms with Crippen LogP contribution in [0.25, 0.3) is 0 Å². The molecule has 1 aromatic rings. The molecule has 0 radical (unpaired) electrons. The first-order valence-electron chi connectivity index (χ1n) is 8.00. The van der Waals surface area contributed by atoms with Crippen LogP contribution in [0.2, 0.25) is 0 Å². The number of nitro groups is 1. The standard InChI is InChI=1S/C15H15F3N2O8S/c1-27-13(21)12-7-4-10(8-19(12)14(22)15(16,17)18)28-29(25,26)11-5-2-9(3-6-11)20(23)24/h2-3,5-6,10,12H,4,7-8H2,1H3/t10-,12-/m0/s1. The lowest BCUT2D eigenvalue weighted by Gasteiger charge is -2.37. The number of methoxy groups -OCH3 is 1. The molecule has 1 aliphatic rings. The second-order valence-corrected chi connectivity index (χ2v) is 7.57. The zero-order valence-electron chi connectivity index (χ0n) is 14.8. The summed E-state index contributed by atoms with van der Waals surface area (Å²) in [6.07, 6.45) is -7.10. The number of non-ortho nitro benzene ring substituents is 1. The molecule has 0 saturated carbocycles. The molecule has 0 N–H and O–H groups in total. The number of benzene rings is 1. The summed E-state index contributed by atoms with van der Waals surface area (Å²) in [4.78, 5) is 33.0. The Morgan fingerprint density at radius 3 is 2.28 bits per heavy atom. The second kappa shape index (κ2) is 8.32. The summed E-state index contributed by atoms with van der Waals surface area (Å²) in [5.74, 6) is -3.40. The Labute approximate surface area is 162 Å². The predicted molar refractivity (Wildman–Crippen MR) is 88.0 cm³/mol. The number of hydrogen-bond acceptors (Lipinski definition) is 8. The monoisotopic (exact) mass is 440 g/mol. The maximum Gasteiger partial charge on any atom is 0.471 e. The van der Waals surface area contributed by atoms with Gasteiger partial charge in [0.25, 0.3) is 15.8 Å². The average Bonchev–Trinajstić information content (AvgIpc) is 2.65. The number of esters is 1. The van der Waals surface area contributed by atoms with E-state index in [4.69, 9.17) is 4.18 Å². The minimum atomic E-state index is -5.29. The third-order valence-corrected chi connectivity index (χ3v) is 5.49. The lowest BCUT2D eigenvalue weighted by Crippen LogP contribution is -2.56. The van der Waals surface area contributed by atoms with E-state index in [-0.39, 0.29) is 23.4 Å². The highest BCUT2D eigenvalue weighted by molar-refractivity contribution is 7.86. The smallest absolute Gasteiger partial charge is 0.467 e. The van der Waals surface area contributed by atoms with Gasteiger partial charge in [0.2, 0.25) is 0 Å². The summed E-state index contributed by atoms with van der Waals surface area (Å²) in [5, 5.41) is 10.6. The predicted octanol–water partition coefficient (Wildman–Crippen LogP) is 1.39. The van der Waals surface area contributed by atoms with Gasteiger partial charge in [-0.3, -0.25) is 19.1 Å². The van der Waals surface area contributed by atoms with E-state index >= 15 is 0 Å². The van der Waals surface area contributed by atoms with Gasteiger partial charge in [0.05, 0.1) is 23.0 Å². The van der Waals surface area contributed by atoms with Crippen molar-refractivity contribution in [1.82, 2.24) is 4.90 Å². The second-order valence-electron chi connectivity index (χ2n) is 5.99. The number of amides is 1. The van der Waals surface area contributed by atoms with Crippen LogP contribution in [0.5, 0.6) is 0 Å². The van der Waals surface area contributed by atoms with Crippen molar-refractivity contribution in [2.24, 2.45) is 0 Å². The minimum Gasteiger partial charge on any atom is -0.467 e. The molecule has 0 bridgehead atoms. The summed E-state index contributed by atoms with van der Waals surface area (Å²) in [6.45, 7) is -0.815. The van der Waals surface area contributed by atoms with Crippen LogP contribution < -0.4 is 0 Å². The van der Waals surface area contributed by atoms with Crippen LogP contribution in [-0.4, -0.2) is 62.1 Å². The highest BCUT2D eigenvalue weighted by Crippen LogP contribution is 2.29. The van der Waals surface area contributed by atoms with Gasteiger partial charge in [0, 0.05) is 18.7 Å². The first-order valence-corrected chi connectivity index (χ1v) is 9.41. The Bertz CT molecular complexity index is 901. The van der Waals surface area contributed by atoms with Gasteiger partial charge in [-0.25, -0.2) is 4.79 Å². The van der Waals surface area contributed by atoms with Crippen LogP contribution in [0.1, 0.15) is 12.8 Å². The van der Waals surface area contributed by atoms with Crippen molar-refractivity contribution in [3.05, 3.63) is 34.4 Å². The summed E-state index contributed by atoms with van der Waals surface area (Å²) in [7, 11) is -3.54. The molecule has 1 aliphatic heterocycles. The fourth-order valence-electron chi connectivity index (χ4n) is 2.75. The van der Waals surface area contributed by atoms with E-state index < -0.39 is 56.7 Å². The number of alkyl halides is 3. The van der Waals surface area contributed by atoms with Gasteiger partial charge in [-0.05, 0) is 25.0 Å². The number of carbonyl (C=O) groups is 2. The summed E-state index contributed by atoms with van der Waals surface area (Å²) in [5.41, 5.74) is -0.371. The van der Waals surface area contributed by atoms with Crippen LogP contribution in [0.3, 0.4) is 0 Å². The summed E-state index contributed by atoms with van der Waals surface area (Å²) < 4.78 is 72.5. The molecule has 160 valence electrons. The molecule has 10 nitrogen and oxygen atoms in total. The molecule has 0 unspecified atom stereocenters. The first-order chi connectivity index (χ1) is 13.4. The summed E-state index contributed by atoms with van der Waals surface area (Å²) >= 11 is 0. The van der Waals surface area contributed by atoms with Gasteiger partial charge >= 0.3 is 18.1 Å². The molecule has 2 rings (SSSR count). The maximum absolute atomic E-state index is 12.8. The van der Waals surface area contributed by atoms with E-state index in [1.54, 1.807) is 0 Å². The van der Waals surface area contributed by atoms with Crippen molar-refractivity contribution in [3.8, 4) is 0 Å². The number of ether oxygens (including phenoxy) is 1. The Morgan fingerprint density at radius 2 is 1.79 bits per heavy atom. The molecule has 2 atom stereocenters. The number of likely N-dealkylation sites (tertiary alicyclic amines) is 1. The largest absolute Gasteiger partial charge is 0.471 e. The lowest BCUT2D eigenvalue weighted by molar-refractivity contribution is -0.384. The fraction of sp³-hybridized carbons (Fsp3) is 0.467. The van der Waals surface area contributed by atoms with E-state index in [1.165, 1.54) is 0 Å². The fourth-order valence-corrected chi connectivity index (χ4v) is 3.85. The molecule has 14 heteroatoms. The van der Waals surface area contributed by atoms with Gasteiger partial charge in [-0.2, -0.15) is 21.6 Å². The van der Waals surface area contributed by atoms with Gasteiger partial charge in [-0.15, -0.1) is 0 Å². The third-order valence-electron chi connectivity index (χ3n) is 4.11. The molecule has 29 heavy (non-hydrogen) atoms. The van der Waals surface area contributed by atoms with Crippen molar-refractivity contribution in [3.63, 3.8) is 0 Å². The minimum absolute atomic E-state index is 0.145. The number of halogens is 3. The Morgan fingerprint density at radius 1 is 1.21 bits per heavy atom. The van der Waals surface area contributed by atoms with Crippen molar-refractivity contribution in [1.29, 1.82) is 0 Å². The van der Waals surface area contributed by atoms with Crippen LogP contribution >= 0.6 is 0 Å². The molecule has 1 aromatic carbocycles. The average molecular weight is 440 g/mol. The Hall–Kier alpha value is -2.74. The molecule has 1 heterocycles. The topological polar surface area (TPSA) is 133 Å². The van der Waals surface area contributed by atoms with E-state index in [9.17, 15) is 41.3 Å². The highest BCUT2D eigenvalue weighted by atomic mass is 32.2. The van der Waals surface area contributed by atoms with Crippen LogP contribution in [0, 0.1) is 10.1 Å². The van der Waals surface area contributed by atoms with Gasteiger partial charge in [0.1, 0.15) is 6.04 Å². The Kier molecular flexibility index (Phi) is 6.47. The van der Waals surface area contributed by atoms with Gasteiger partial charge in [-0.1, -0.05) is 0 Å². The molecule has 0 spiro atoms. The quantitative estimate of drug-likeness (QED) is 0.290. The van der Waals surface area contributed by atoms with Gasteiger partial charge < -0.3 is 9.64 Å². The van der Waals surface area contributed by atoms with Crippen LogP contribution in [0.15, 0.2) is 29.2 Å². The van der Waals surface area contributed by atoms with Crippen LogP contribution in [-0.2, 0) is 28.6 Å². The number of rotatable bonds is 5. The van der Waals surface area contributed by atoms with E-state index in [1.807, 2.05) is 0 Å². The van der Waals surface area contributed by atoms with Crippen molar-refractivity contribution in [2.45, 2.75) is 36.1 Å². The van der Waals surface area contributed by atoms with Crippen molar-refractivity contribution in [2.75, 3.05) is 13.7 Å². The van der Waals surface area contributed by atoms with E-state index in [2.05, 4.69) is 4.74 Å². The van der Waals surface area contributed by atoms with Crippen LogP contribution in [0.4, 0.5) is 18.9 Å². The normalized spacial score (nSPS) is 20.2. The maximum atomic E-state index is 12.8. The SMILES string of the molecule is COC(=O)[C@@H]1CC[C@H](OS(=O)(=O)c2ccc([N+](=O)[O-])cc2)CN1C(=O)C(F)(F)F. The molecule has 0 aliphatic carbocycles. The zero-order valence-corrected chi connectivity index (χ0v) is 15.6. The van der Waals surface area contributed by atoms with Crippen molar-refractivity contribution < 1.29 is 45.0 Å². The lowest BCUT2D eigenvalue weighted by atomic mass is 10.00. The molecular formula is C15H15F3N2O8S. The third kappa shape index (κ3) is 5.20. The highest BCUT2D eigenvalue weighted by Gasteiger charge is 2.49.